The zero-order valence-electron chi connectivity index (χ0n) is 6.35. The van der Waals surface area contributed by atoms with E-state index < -0.39 is 6.10 Å². The minimum atomic E-state index is -0.492. The van der Waals surface area contributed by atoms with Crippen LogP contribution in [0.15, 0.2) is 0 Å². The highest BCUT2D eigenvalue weighted by molar-refractivity contribution is 5.72. The molecule has 0 radical (unpaired) electrons. The maximum atomic E-state index is 10.3. The zero-order valence-corrected chi connectivity index (χ0v) is 6.35. The van der Waals surface area contributed by atoms with Crippen molar-refractivity contribution in [2.75, 3.05) is 20.1 Å². The summed E-state index contributed by atoms with van der Waals surface area (Å²) in [6, 6.07) is 0. The standard InChI is InChI=1S/C6H14N2O2/c1-5(9)8-4-6(10)3-7-2/h6-7,10H,3-4H2,1-2H3,(H,8,9)/t6-/m0/s1. The third kappa shape index (κ3) is 5.53. The van der Waals surface area contributed by atoms with Crippen LogP contribution in [0.5, 0.6) is 0 Å². The average Bonchev–Trinajstić information content (AvgIpc) is 1.85. The van der Waals surface area contributed by atoms with E-state index in [-0.39, 0.29) is 5.91 Å². The monoisotopic (exact) mass is 146 g/mol. The number of hydrogen-bond acceptors (Lipinski definition) is 3. The molecule has 0 aliphatic heterocycles. The van der Waals surface area contributed by atoms with Crippen LogP contribution in [0.4, 0.5) is 0 Å². The molecule has 0 aliphatic carbocycles. The smallest absolute Gasteiger partial charge is 0.216 e. The molecule has 1 amide bonds. The van der Waals surface area contributed by atoms with Crippen LogP contribution in [-0.2, 0) is 4.79 Å². The number of nitrogens with one attached hydrogen (secondary N) is 2. The average molecular weight is 146 g/mol. The topological polar surface area (TPSA) is 61.4 Å². The van der Waals surface area contributed by atoms with E-state index in [0.29, 0.717) is 13.1 Å². The molecule has 0 spiro atoms. The molecule has 0 aromatic heterocycles. The van der Waals surface area contributed by atoms with Crippen molar-refractivity contribution >= 4 is 5.91 Å². The van der Waals surface area contributed by atoms with Gasteiger partial charge in [0.05, 0.1) is 6.10 Å². The largest absolute Gasteiger partial charge is 0.390 e. The Hall–Kier alpha value is -0.610. The van der Waals surface area contributed by atoms with E-state index in [1.54, 1.807) is 7.05 Å². The SMILES string of the molecule is CNC[C@H](O)CNC(C)=O. The van der Waals surface area contributed by atoms with Crippen molar-refractivity contribution in [2.24, 2.45) is 0 Å². The quantitative estimate of drug-likeness (QED) is 0.462. The van der Waals surface area contributed by atoms with E-state index in [1.807, 2.05) is 0 Å². The van der Waals surface area contributed by atoms with Gasteiger partial charge in [0.1, 0.15) is 0 Å². The van der Waals surface area contributed by atoms with Crippen molar-refractivity contribution in [1.82, 2.24) is 10.6 Å². The Morgan fingerprint density at radius 2 is 2.20 bits per heavy atom. The van der Waals surface area contributed by atoms with Crippen LogP contribution in [0, 0.1) is 0 Å². The molecule has 0 heterocycles. The van der Waals surface area contributed by atoms with Crippen LogP contribution < -0.4 is 10.6 Å². The van der Waals surface area contributed by atoms with Crippen molar-refractivity contribution in [3.63, 3.8) is 0 Å². The number of rotatable bonds is 4. The van der Waals surface area contributed by atoms with Crippen LogP contribution in [0.25, 0.3) is 0 Å². The van der Waals surface area contributed by atoms with Gasteiger partial charge in [-0.2, -0.15) is 0 Å². The molecule has 3 N–H and O–H groups in total. The normalized spacial score (nSPS) is 12.7. The van der Waals surface area contributed by atoms with Crippen molar-refractivity contribution in [2.45, 2.75) is 13.0 Å². The first kappa shape index (κ1) is 9.39. The summed E-state index contributed by atoms with van der Waals surface area (Å²) in [7, 11) is 1.75. The lowest BCUT2D eigenvalue weighted by Crippen LogP contribution is -2.36. The summed E-state index contributed by atoms with van der Waals surface area (Å²) in [5, 5.41) is 14.3. The third-order valence-electron chi connectivity index (χ3n) is 1.03. The lowest BCUT2D eigenvalue weighted by molar-refractivity contribution is -0.119. The molecule has 4 nitrogen and oxygen atoms in total. The summed E-state index contributed by atoms with van der Waals surface area (Å²) in [6.45, 7) is 2.24. The van der Waals surface area contributed by atoms with Gasteiger partial charge in [-0.05, 0) is 7.05 Å². The maximum absolute atomic E-state index is 10.3. The van der Waals surface area contributed by atoms with E-state index in [1.165, 1.54) is 6.92 Å². The van der Waals surface area contributed by atoms with E-state index in [9.17, 15) is 4.79 Å². The Bertz CT molecular complexity index is 106. The molecule has 4 heteroatoms. The summed E-state index contributed by atoms with van der Waals surface area (Å²) in [5.41, 5.74) is 0. The van der Waals surface area contributed by atoms with Crippen LogP contribution >= 0.6 is 0 Å². The lowest BCUT2D eigenvalue weighted by atomic mass is 10.3. The Morgan fingerprint density at radius 3 is 2.60 bits per heavy atom. The Labute approximate surface area is 60.6 Å². The first-order valence-corrected chi connectivity index (χ1v) is 3.24. The predicted octanol–water partition coefficient (Wildman–Crippen LogP) is -1.30. The summed E-state index contributed by atoms with van der Waals surface area (Å²) in [5.74, 6) is -0.116. The third-order valence-corrected chi connectivity index (χ3v) is 1.03. The van der Waals surface area contributed by atoms with Gasteiger partial charge < -0.3 is 15.7 Å². The number of carbonyl (C=O) groups excluding carboxylic acids is 1. The fourth-order valence-electron chi connectivity index (χ4n) is 0.569. The molecular formula is C6H14N2O2. The van der Waals surface area contributed by atoms with Crippen molar-refractivity contribution in [3.8, 4) is 0 Å². The van der Waals surface area contributed by atoms with Crippen LogP contribution in [0.1, 0.15) is 6.92 Å². The number of likely N-dealkylation sites (N-methyl/N-ethyl adjacent to an activating group) is 1. The predicted molar refractivity (Wildman–Crippen MR) is 38.6 cm³/mol. The molecule has 0 bridgehead atoms. The first-order chi connectivity index (χ1) is 4.66. The van der Waals surface area contributed by atoms with E-state index in [4.69, 9.17) is 5.11 Å². The van der Waals surface area contributed by atoms with Gasteiger partial charge in [-0.25, -0.2) is 0 Å². The van der Waals surface area contributed by atoms with Gasteiger partial charge in [-0.15, -0.1) is 0 Å². The molecule has 10 heavy (non-hydrogen) atoms. The number of amides is 1. The second-order valence-electron chi connectivity index (χ2n) is 2.15. The Balaban J connectivity index is 3.21. The zero-order chi connectivity index (χ0) is 7.98. The van der Waals surface area contributed by atoms with Crippen molar-refractivity contribution in [1.29, 1.82) is 0 Å². The van der Waals surface area contributed by atoms with Crippen molar-refractivity contribution in [3.05, 3.63) is 0 Å². The molecule has 0 rings (SSSR count). The van der Waals surface area contributed by atoms with Crippen LogP contribution in [0.3, 0.4) is 0 Å². The minimum Gasteiger partial charge on any atom is -0.390 e. The summed E-state index contributed by atoms with van der Waals surface area (Å²) >= 11 is 0. The number of aliphatic hydroxyl groups is 1. The fraction of sp³-hybridized carbons (Fsp3) is 0.833. The van der Waals surface area contributed by atoms with Gasteiger partial charge in [-0.1, -0.05) is 0 Å². The summed E-state index contributed by atoms with van der Waals surface area (Å²) in [4.78, 5) is 10.3. The van der Waals surface area contributed by atoms with Gasteiger partial charge in [0.25, 0.3) is 0 Å². The molecule has 0 aromatic carbocycles. The molecule has 0 saturated carbocycles. The number of hydrogen-bond donors (Lipinski definition) is 3. The second kappa shape index (κ2) is 5.20. The molecule has 0 fully saturated rings. The maximum Gasteiger partial charge on any atom is 0.216 e. The molecule has 1 atom stereocenters. The highest BCUT2D eigenvalue weighted by Crippen LogP contribution is 1.75. The fourth-order valence-corrected chi connectivity index (χ4v) is 0.569. The Kier molecular flexibility index (Phi) is 4.88. The van der Waals surface area contributed by atoms with Gasteiger partial charge >= 0.3 is 0 Å². The lowest BCUT2D eigenvalue weighted by Gasteiger charge is -2.08. The van der Waals surface area contributed by atoms with Gasteiger partial charge in [-0.3, -0.25) is 4.79 Å². The van der Waals surface area contributed by atoms with Crippen molar-refractivity contribution < 1.29 is 9.90 Å². The van der Waals surface area contributed by atoms with Gasteiger partial charge in [0.2, 0.25) is 5.91 Å². The van der Waals surface area contributed by atoms with E-state index in [2.05, 4.69) is 10.6 Å². The van der Waals surface area contributed by atoms with Crippen LogP contribution in [0.2, 0.25) is 0 Å². The summed E-state index contributed by atoms with van der Waals surface area (Å²) in [6.07, 6.45) is -0.492. The molecule has 60 valence electrons. The first-order valence-electron chi connectivity index (χ1n) is 3.24. The minimum absolute atomic E-state index is 0.116. The highest BCUT2D eigenvalue weighted by atomic mass is 16.3. The van der Waals surface area contributed by atoms with E-state index in [0.717, 1.165) is 0 Å². The molecule has 0 aliphatic rings. The second-order valence-corrected chi connectivity index (χ2v) is 2.15. The van der Waals surface area contributed by atoms with E-state index >= 15 is 0 Å². The highest BCUT2D eigenvalue weighted by Gasteiger charge is 2.01. The van der Waals surface area contributed by atoms with Gasteiger partial charge in [0, 0.05) is 20.0 Å². The molecule has 0 saturated heterocycles. The number of aliphatic hydroxyl groups excluding tert-OH is 1. The molecular weight excluding hydrogens is 132 g/mol. The van der Waals surface area contributed by atoms with Crippen LogP contribution in [-0.4, -0.2) is 37.3 Å². The Morgan fingerprint density at radius 1 is 1.60 bits per heavy atom. The van der Waals surface area contributed by atoms with Gasteiger partial charge in [0.15, 0.2) is 0 Å². The summed E-state index contributed by atoms with van der Waals surface area (Å²) < 4.78 is 0. The number of carbonyl (C=O) groups is 1. The molecule has 0 aromatic rings. The molecule has 0 unspecified atom stereocenters.